The van der Waals surface area contributed by atoms with Gasteiger partial charge in [0.05, 0.1) is 17.4 Å². The van der Waals surface area contributed by atoms with Gasteiger partial charge in [-0.05, 0) is 31.2 Å². The van der Waals surface area contributed by atoms with Gasteiger partial charge in [0, 0.05) is 11.8 Å². The molecular weight excluding hydrogens is 340 g/mol. The molecule has 5 nitrogen and oxygen atoms in total. The second kappa shape index (κ2) is 6.50. The van der Waals surface area contributed by atoms with E-state index in [1.165, 1.54) is 12.3 Å². The molecule has 0 saturated carbocycles. The highest BCUT2D eigenvalue weighted by atomic mass is 19.4. The Bertz CT molecular complexity index is 892. The van der Waals surface area contributed by atoms with Gasteiger partial charge in [0.2, 0.25) is 5.88 Å². The van der Waals surface area contributed by atoms with Crippen LogP contribution in [0.5, 0.6) is 5.88 Å². The van der Waals surface area contributed by atoms with Crippen molar-refractivity contribution in [3.05, 3.63) is 65.4 Å². The first-order valence-corrected chi connectivity index (χ1v) is 7.18. The molecule has 0 saturated heterocycles. The van der Waals surface area contributed by atoms with Crippen molar-refractivity contribution >= 4 is 0 Å². The van der Waals surface area contributed by atoms with Gasteiger partial charge in [0.1, 0.15) is 18.1 Å². The minimum absolute atomic E-state index is 0.0427. The molecule has 0 fully saturated rings. The number of ether oxygens (including phenoxy) is 1. The first-order chi connectivity index (χ1) is 11.8. The van der Waals surface area contributed by atoms with E-state index in [4.69, 9.17) is 4.74 Å². The molecule has 9 heteroatoms. The molecule has 0 unspecified atom stereocenters. The van der Waals surface area contributed by atoms with Crippen molar-refractivity contribution in [2.45, 2.75) is 19.7 Å². The minimum Gasteiger partial charge on any atom is -0.471 e. The molecule has 0 radical (unpaired) electrons. The van der Waals surface area contributed by atoms with Gasteiger partial charge in [-0.1, -0.05) is 11.3 Å². The number of alkyl halides is 3. The van der Waals surface area contributed by atoms with E-state index in [0.29, 0.717) is 17.6 Å². The van der Waals surface area contributed by atoms with E-state index < -0.39 is 17.6 Å². The normalized spacial score (nSPS) is 11.6. The van der Waals surface area contributed by atoms with Gasteiger partial charge >= 0.3 is 6.18 Å². The van der Waals surface area contributed by atoms with Gasteiger partial charge < -0.3 is 4.74 Å². The molecule has 0 N–H and O–H groups in total. The highest BCUT2D eigenvalue weighted by molar-refractivity contribution is 5.37. The van der Waals surface area contributed by atoms with E-state index in [-0.39, 0.29) is 12.3 Å². The SMILES string of the molecule is Cc1cccc(OCc2cn(-c3ccc(F)c(C(F)(F)F)c3)nn2)n1. The van der Waals surface area contributed by atoms with Gasteiger partial charge in [-0.15, -0.1) is 5.10 Å². The molecule has 0 spiro atoms. The van der Waals surface area contributed by atoms with E-state index in [2.05, 4.69) is 15.3 Å². The lowest BCUT2D eigenvalue weighted by molar-refractivity contribution is -0.140. The highest BCUT2D eigenvalue weighted by Gasteiger charge is 2.34. The lowest BCUT2D eigenvalue weighted by Gasteiger charge is -2.09. The zero-order valence-electron chi connectivity index (χ0n) is 13.0. The Labute approximate surface area is 139 Å². The van der Waals surface area contributed by atoms with Crippen LogP contribution >= 0.6 is 0 Å². The third-order valence-electron chi connectivity index (χ3n) is 3.29. The molecular formula is C16H12F4N4O. The molecule has 0 aliphatic heterocycles. The number of aryl methyl sites for hydroxylation is 1. The van der Waals surface area contributed by atoms with E-state index in [1.807, 2.05) is 13.0 Å². The van der Waals surface area contributed by atoms with Crippen LogP contribution in [0.25, 0.3) is 5.69 Å². The Morgan fingerprint density at radius 2 is 1.96 bits per heavy atom. The van der Waals surface area contributed by atoms with E-state index in [9.17, 15) is 17.6 Å². The summed E-state index contributed by atoms with van der Waals surface area (Å²) >= 11 is 0. The topological polar surface area (TPSA) is 52.8 Å². The maximum atomic E-state index is 13.3. The number of rotatable bonds is 4. The maximum Gasteiger partial charge on any atom is 0.419 e. The Balaban J connectivity index is 1.77. The zero-order chi connectivity index (χ0) is 18.0. The molecule has 0 atom stereocenters. The number of halogens is 4. The van der Waals surface area contributed by atoms with Crippen molar-refractivity contribution in [2.24, 2.45) is 0 Å². The molecule has 3 aromatic rings. The molecule has 3 rings (SSSR count). The van der Waals surface area contributed by atoms with Crippen LogP contribution < -0.4 is 4.74 Å². The molecule has 0 amide bonds. The van der Waals surface area contributed by atoms with Crippen molar-refractivity contribution in [1.82, 2.24) is 20.0 Å². The summed E-state index contributed by atoms with van der Waals surface area (Å²) in [6, 6.07) is 7.88. The second-order valence-corrected chi connectivity index (χ2v) is 5.22. The van der Waals surface area contributed by atoms with Gasteiger partial charge in [-0.25, -0.2) is 14.1 Å². The van der Waals surface area contributed by atoms with E-state index in [1.54, 1.807) is 12.1 Å². The standard InChI is InChI=1S/C16H12F4N4O/c1-10-3-2-4-15(21-10)25-9-11-8-24(23-22-11)12-5-6-14(17)13(7-12)16(18,19)20/h2-8H,9H2,1H3. The van der Waals surface area contributed by atoms with Gasteiger partial charge in [-0.2, -0.15) is 13.2 Å². The van der Waals surface area contributed by atoms with Crippen molar-refractivity contribution in [2.75, 3.05) is 0 Å². The van der Waals surface area contributed by atoms with Crippen LogP contribution in [0.1, 0.15) is 17.0 Å². The summed E-state index contributed by atoms with van der Waals surface area (Å²) in [5, 5.41) is 7.58. The fraction of sp³-hybridized carbons (Fsp3) is 0.188. The predicted molar refractivity (Wildman–Crippen MR) is 79.6 cm³/mol. The predicted octanol–water partition coefficient (Wildman–Crippen LogP) is 3.71. The summed E-state index contributed by atoms with van der Waals surface area (Å²) in [5.41, 5.74) is -0.142. The molecule has 0 aliphatic carbocycles. The number of pyridine rings is 1. The van der Waals surface area contributed by atoms with Crippen LogP contribution in [0.3, 0.4) is 0 Å². The number of benzene rings is 1. The number of nitrogens with zero attached hydrogens (tertiary/aromatic N) is 4. The molecule has 0 aliphatic rings. The number of hydrogen-bond donors (Lipinski definition) is 0. The smallest absolute Gasteiger partial charge is 0.419 e. The lowest BCUT2D eigenvalue weighted by atomic mass is 10.2. The molecule has 130 valence electrons. The average molecular weight is 352 g/mol. The van der Waals surface area contributed by atoms with Crippen LogP contribution in [-0.4, -0.2) is 20.0 Å². The monoisotopic (exact) mass is 352 g/mol. The average Bonchev–Trinajstić information content (AvgIpc) is 3.01. The maximum absolute atomic E-state index is 13.3. The third-order valence-corrected chi connectivity index (χ3v) is 3.29. The van der Waals surface area contributed by atoms with E-state index in [0.717, 1.165) is 16.4 Å². The van der Waals surface area contributed by atoms with Crippen molar-refractivity contribution in [3.8, 4) is 11.6 Å². The minimum atomic E-state index is -4.79. The second-order valence-electron chi connectivity index (χ2n) is 5.22. The lowest BCUT2D eigenvalue weighted by Crippen LogP contribution is -2.09. The molecule has 0 bridgehead atoms. The van der Waals surface area contributed by atoms with Gasteiger partial charge in [-0.3, -0.25) is 0 Å². The van der Waals surface area contributed by atoms with E-state index >= 15 is 0 Å². The van der Waals surface area contributed by atoms with Crippen LogP contribution in [-0.2, 0) is 12.8 Å². The fourth-order valence-corrected chi connectivity index (χ4v) is 2.11. The van der Waals surface area contributed by atoms with Crippen LogP contribution in [0.15, 0.2) is 42.6 Å². The first kappa shape index (κ1) is 16.9. The molecule has 25 heavy (non-hydrogen) atoms. The molecule has 1 aromatic carbocycles. The zero-order valence-corrected chi connectivity index (χ0v) is 13.0. The Hall–Kier alpha value is -2.97. The highest BCUT2D eigenvalue weighted by Crippen LogP contribution is 2.32. The Morgan fingerprint density at radius 1 is 1.16 bits per heavy atom. The summed E-state index contributed by atoms with van der Waals surface area (Å²) in [6.45, 7) is 1.86. The summed E-state index contributed by atoms with van der Waals surface area (Å²) in [5.74, 6) is -0.943. The summed E-state index contributed by atoms with van der Waals surface area (Å²) in [6.07, 6.45) is -3.38. The largest absolute Gasteiger partial charge is 0.471 e. The fourth-order valence-electron chi connectivity index (χ4n) is 2.11. The summed E-state index contributed by atoms with van der Waals surface area (Å²) in [4.78, 5) is 4.16. The van der Waals surface area contributed by atoms with Crippen LogP contribution in [0, 0.1) is 12.7 Å². The quantitative estimate of drug-likeness (QED) is 0.672. The molecule has 2 aromatic heterocycles. The van der Waals surface area contributed by atoms with Gasteiger partial charge in [0.15, 0.2) is 0 Å². The Morgan fingerprint density at radius 3 is 2.68 bits per heavy atom. The molecule has 2 heterocycles. The number of hydrogen-bond acceptors (Lipinski definition) is 4. The number of aromatic nitrogens is 4. The third kappa shape index (κ3) is 3.93. The first-order valence-electron chi connectivity index (χ1n) is 7.18. The van der Waals surface area contributed by atoms with Crippen molar-refractivity contribution < 1.29 is 22.3 Å². The summed E-state index contributed by atoms with van der Waals surface area (Å²) < 4.78 is 58.2. The summed E-state index contributed by atoms with van der Waals surface area (Å²) in [7, 11) is 0. The van der Waals surface area contributed by atoms with Gasteiger partial charge in [0.25, 0.3) is 0 Å². The van der Waals surface area contributed by atoms with Crippen LogP contribution in [0.4, 0.5) is 17.6 Å². The Kier molecular flexibility index (Phi) is 4.39. The van der Waals surface area contributed by atoms with Crippen LogP contribution in [0.2, 0.25) is 0 Å². The van der Waals surface area contributed by atoms with Crippen molar-refractivity contribution in [1.29, 1.82) is 0 Å². The van der Waals surface area contributed by atoms with Crippen molar-refractivity contribution in [3.63, 3.8) is 0 Å².